The van der Waals surface area contributed by atoms with Gasteiger partial charge in [-0.3, -0.25) is 4.79 Å². The third-order valence-corrected chi connectivity index (χ3v) is 3.42. The van der Waals surface area contributed by atoms with E-state index in [2.05, 4.69) is 5.32 Å². The number of hydrogen-bond donors (Lipinski definition) is 1. The number of carbonyl (C=O) groups is 1. The number of hydrogen-bond acceptors (Lipinski definition) is 3. The van der Waals surface area contributed by atoms with Gasteiger partial charge in [0.05, 0.1) is 17.7 Å². The molecule has 2 aromatic rings. The lowest BCUT2D eigenvalue weighted by molar-refractivity contribution is -0.0884. The molecule has 0 unspecified atom stereocenters. The highest BCUT2D eigenvalue weighted by molar-refractivity contribution is 6.32. The second kappa shape index (κ2) is 6.91. The summed E-state index contributed by atoms with van der Waals surface area (Å²) < 4.78 is 42.8. The number of methoxy groups -OCH3 is 1. The molecule has 23 heavy (non-hydrogen) atoms. The fourth-order valence-corrected chi connectivity index (χ4v) is 2.29. The van der Waals surface area contributed by atoms with Crippen LogP contribution in [0.5, 0.6) is 5.75 Å². The van der Waals surface area contributed by atoms with E-state index in [1.807, 2.05) is 0 Å². The van der Waals surface area contributed by atoms with E-state index < -0.39 is 17.5 Å². The minimum atomic E-state index is -4.92. The zero-order valence-electron chi connectivity index (χ0n) is 12.1. The second-order valence-electron chi connectivity index (χ2n) is 4.69. The lowest BCUT2D eigenvalue weighted by atomic mass is 10.1. The van der Waals surface area contributed by atoms with Crippen LogP contribution in [-0.4, -0.2) is 19.1 Å². The summed E-state index contributed by atoms with van der Waals surface area (Å²) in [5.74, 6) is -1.38. The van der Waals surface area contributed by atoms with Crippen molar-refractivity contribution in [2.45, 2.75) is 12.7 Å². The maximum atomic E-state index is 12.6. The topological polar surface area (TPSA) is 38.3 Å². The predicted octanol–water partition coefficient (Wildman–Crippen LogP) is 4.71. The molecule has 7 heteroatoms. The highest BCUT2D eigenvalue weighted by atomic mass is 35.5. The van der Waals surface area contributed by atoms with Gasteiger partial charge in [0.25, 0.3) is 5.78 Å². The molecule has 0 radical (unpaired) electrons. The average Bonchev–Trinajstić information content (AvgIpc) is 2.51. The number of para-hydroxylation sites is 1. The molecule has 0 aliphatic heterocycles. The van der Waals surface area contributed by atoms with Crippen LogP contribution in [0.4, 0.5) is 18.9 Å². The monoisotopic (exact) mass is 343 g/mol. The van der Waals surface area contributed by atoms with Gasteiger partial charge in [-0.05, 0) is 29.8 Å². The van der Waals surface area contributed by atoms with Crippen molar-refractivity contribution >= 4 is 23.1 Å². The number of ether oxygens (including phenoxy) is 1. The van der Waals surface area contributed by atoms with Crippen LogP contribution in [0.1, 0.15) is 15.9 Å². The van der Waals surface area contributed by atoms with Crippen LogP contribution in [0.2, 0.25) is 5.02 Å². The molecule has 0 saturated carbocycles. The van der Waals surface area contributed by atoms with Gasteiger partial charge in [0, 0.05) is 12.2 Å². The fraction of sp³-hybridized carbons (Fsp3) is 0.188. The summed E-state index contributed by atoms with van der Waals surface area (Å²) in [4.78, 5) is 11.4. The lowest BCUT2D eigenvalue weighted by Crippen LogP contribution is -2.23. The van der Waals surface area contributed by atoms with Crippen molar-refractivity contribution in [2.24, 2.45) is 0 Å². The Morgan fingerprint density at radius 2 is 1.91 bits per heavy atom. The summed E-state index contributed by atoms with van der Waals surface area (Å²) in [5, 5.41) is 3.22. The SMILES string of the molecule is COc1ccc(CNc2ccccc2C(=O)C(F)(F)F)cc1Cl. The number of rotatable bonds is 5. The number of nitrogens with one attached hydrogen (secondary N) is 1. The van der Waals surface area contributed by atoms with Crippen molar-refractivity contribution in [3.8, 4) is 5.75 Å². The van der Waals surface area contributed by atoms with Crippen molar-refractivity contribution in [3.63, 3.8) is 0 Å². The molecule has 0 heterocycles. The zero-order chi connectivity index (χ0) is 17.0. The molecule has 122 valence electrons. The molecule has 0 aliphatic carbocycles. The highest BCUT2D eigenvalue weighted by Gasteiger charge is 2.40. The maximum Gasteiger partial charge on any atom is 0.454 e. The third-order valence-electron chi connectivity index (χ3n) is 3.13. The molecule has 1 N–H and O–H groups in total. The van der Waals surface area contributed by atoms with E-state index in [9.17, 15) is 18.0 Å². The van der Waals surface area contributed by atoms with Gasteiger partial charge in [-0.2, -0.15) is 13.2 Å². The molecular weight excluding hydrogens is 331 g/mol. The number of Topliss-reactive ketones (excluding diaryl/α,β-unsaturated/α-hetero) is 1. The van der Waals surface area contributed by atoms with Gasteiger partial charge >= 0.3 is 6.18 Å². The fourth-order valence-electron chi connectivity index (χ4n) is 2.01. The van der Waals surface area contributed by atoms with E-state index in [1.165, 1.54) is 19.2 Å². The van der Waals surface area contributed by atoms with Crippen molar-refractivity contribution in [2.75, 3.05) is 12.4 Å². The maximum absolute atomic E-state index is 12.6. The first-order valence-corrected chi connectivity index (χ1v) is 6.97. The summed E-state index contributed by atoms with van der Waals surface area (Å²) >= 11 is 6.00. The molecule has 0 amide bonds. The summed E-state index contributed by atoms with van der Waals surface area (Å²) in [6.45, 7) is 0.214. The van der Waals surface area contributed by atoms with Gasteiger partial charge in [0.15, 0.2) is 0 Å². The van der Waals surface area contributed by atoms with Crippen LogP contribution >= 0.6 is 11.6 Å². The van der Waals surface area contributed by atoms with Crippen molar-refractivity contribution < 1.29 is 22.7 Å². The molecule has 0 bridgehead atoms. The number of halogens is 4. The molecule has 2 rings (SSSR count). The zero-order valence-corrected chi connectivity index (χ0v) is 12.8. The number of benzene rings is 2. The smallest absolute Gasteiger partial charge is 0.454 e. The third kappa shape index (κ3) is 4.16. The van der Waals surface area contributed by atoms with Crippen LogP contribution in [0.3, 0.4) is 0 Å². The number of carbonyl (C=O) groups excluding carboxylic acids is 1. The Hall–Kier alpha value is -2.21. The second-order valence-corrected chi connectivity index (χ2v) is 5.10. The molecule has 3 nitrogen and oxygen atoms in total. The van der Waals surface area contributed by atoms with Gasteiger partial charge in [-0.15, -0.1) is 0 Å². The highest BCUT2D eigenvalue weighted by Crippen LogP contribution is 2.28. The van der Waals surface area contributed by atoms with Gasteiger partial charge in [0.2, 0.25) is 0 Å². The molecule has 2 aromatic carbocycles. The Labute approximate surface area is 136 Å². The van der Waals surface area contributed by atoms with E-state index in [1.54, 1.807) is 24.3 Å². The van der Waals surface area contributed by atoms with E-state index in [0.717, 1.165) is 11.6 Å². The van der Waals surface area contributed by atoms with Gasteiger partial charge < -0.3 is 10.1 Å². The van der Waals surface area contributed by atoms with Crippen LogP contribution in [0, 0.1) is 0 Å². The van der Waals surface area contributed by atoms with E-state index in [0.29, 0.717) is 10.8 Å². The standard InChI is InChI=1S/C16H13ClF3NO2/c1-23-14-7-6-10(8-12(14)17)9-21-13-5-3-2-4-11(13)15(22)16(18,19)20/h2-8,21H,9H2,1H3. The number of alkyl halides is 3. The van der Waals surface area contributed by atoms with Crippen LogP contribution in [-0.2, 0) is 6.54 Å². The molecule has 0 aliphatic rings. The quantitative estimate of drug-likeness (QED) is 0.799. The van der Waals surface area contributed by atoms with Gasteiger partial charge in [-0.1, -0.05) is 29.8 Å². The first-order chi connectivity index (χ1) is 10.8. The van der Waals surface area contributed by atoms with Crippen molar-refractivity contribution in [1.82, 2.24) is 0 Å². The van der Waals surface area contributed by atoms with Gasteiger partial charge in [0.1, 0.15) is 5.75 Å². The van der Waals surface area contributed by atoms with Crippen LogP contribution < -0.4 is 10.1 Å². The number of ketones is 1. The molecular formula is C16H13ClF3NO2. The molecule has 0 saturated heterocycles. The van der Waals surface area contributed by atoms with Crippen molar-refractivity contribution in [3.05, 3.63) is 58.6 Å². The molecule has 0 spiro atoms. The Kier molecular flexibility index (Phi) is 5.15. The average molecular weight is 344 g/mol. The normalized spacial score (nSPS) is 11.2. The molecule has 0 fully saturated rings. The Bertz CT molecular complexity index is 717. The summed E-state index contributed by atoms with van der Waals surface area (Å²) in [7, 11) is 1.48. The van der Waals surface area contributed by atoms with Crippen LogP contribution in [0.25, 0.3) is 0 Å². The predicted molar refractivity (Wildman–Crippen MR) is 82.2 cm³/mol. The Morgan fingerprint density at radius 3 is 2.52 bits per heavy atom. The Morgan fingerprint density at radius 1 is 1.22 bits per heavy atom. The van der Waals surface area contributed by atoms with Crippen LogP contribution in [0.15, 0.2) is 42.5 Å². The minimum Gasteiger partial charge on any atom is -0.495 e. The van der Waals surface area contributed by atoms with Gasteiger partial charge in [-0.25, -0.2) is 0 Å². The Balaban J connectivity index is 2.18. The largest absolute Gasteiger partial charge is 0.495 e. The molecule has 0 atom stereocenters. The first kappa shape index (κ1) is 17.1. The minimum absolute atomic E-state index is 0.113. The summed E-state index contributed by atoms with van der Waals surface area (Å²) in [5.41, 5.74) is 0.437. The lowest BCUT2D eigenvalue weighted by Gasteiger charge is -2.13. The summed E-state index contributed by atoms with van der Waals surface area (Å²) in [6.07, 6.45) is -4.92. The molecule has 0 aromatic heterocycles. The number of anilines is 1. The van der Waals surface area contributed by atoms with E-state index >= 15 is 0 Å². The van der Waals surface area contributed by atoms with E-state index in [-0.39, 0.29) is 12.2 Å². The summed E-state index contributed by atoms with van der Waals surface area (Å²) in [6, 6.07) is 10.5. The van der Waals surface area contributed by atoms with Crippen molar-refractivity contribution in [1.29, 1.82) is 0 Å². The van der Waals surface area contributed by atoms with E-state index in [4.69, 9.17) is 16.3 Å². The first-order valence-electron chi connectivity index (χ1n) is 6.59.